The van der Waals surface area contributed by atoms with Crippen LogP contribution >= 0.6 is 0 Å². The third-order valence-corrected chi connectivity index (χ3v) is 6.45. The quantitative estimate of drug-likeness (QED) is 0.590. The number of piperidine rings is 1. The number of anilines is 3. The summed E-state index contributed by atoms with van der Waals surface area (Å²) in [6.07, 6.45) is 3.96. The molecular formula is C26H32N4O3. The van der Waals surface area contributed by atoms with Crippen LogP contribution in [0.2, 0.25) is 0 Å². The minimum atomic E-state index is -0.203. The van der Waals surface area contributed by atoms with Gasteiger partial charge in [0.1, 0.15) is 0 Å². The Bertz CT molecular complexity index is 1040. The van der Waals surface area contributed by atoms with Crippen LogP contribution in [0.1, 0.15) is 48.5 Å². The Morgan fingerprint density at radius 2 is 1.61 bits per heavy atom. The number of benzene rings is 2. The Morgan fingerprint density at radius 1 is 0.939 bits per heavy atom. The number of nitrogens with zero attached hydrogens (tertiary/aromatic N) is 1. The molecule has 0 aromatic heterocycles. The van der Waals surface area contributed by atoms with Crippen LogP contribution in [0.3, 0.4) is 0 Å². The van der Waals surface area contributed by atoms with Crippen molar-refractivity contribution >= 4 is 34.8 Å². The molecule has 1 saturated carbocycles. The van der Waals surface area contributed by atoms with Gasteiger partial charge in [0.2, 0.25) is 11.8 Å². The molecule has 0 unspecified atom stereocenters. The van der Waals surface area contributed by atoms with Crippen LogP contribution in [0.4, 0.5) is 17.1 Å². The highest BCUT2D eigenvalue weighted by atomic mass is 16.2. The standard InChI is InChI=1S/C26H32N4O3/c1-17-11-13-30(14-12-17)26(33)20-5-3-6-21(15-20)27-16-24(31)28-22-7-4-8-23(18(22)2)29-25(32)19-9-10-19/h3-8,15,17,19,27H,9-14,16H2,1-2H3,(H,28,31)(H,29,32). The maximum absolute atomic E-state index is 12.8. The van der Waals surface area contributed by atoms with Crippen LogP contribution in [0, 0.1) is 18.8 Å². The molecule has 2 aliphatic rings. The highest BCUT2D eigenvalue weighted by molar-refractivity contribution is 5.99. The molecule has 1 aliphatic heterocycles. The van der Waals surface area contributed by atoms with Gasteiger partial charge in [0.05, 0.1) is 6.54 Å². The maximum atomic E-state index is 12.8. The van der Waals surface area contributed by atoms with Crippen LogP contribution in [0.25, 0.3) is 0 Å². The fraction of sp³-hybridized carbons (Fsp3) is 0.423. The monoisotopic (exact) mass is 448 g/mol. The zero-order valence-corrected chi connectivity index (χ0v) is 19.3. The molecule has 1 aliphatic carbocycles. The number of nitrogens with one attached hydrogen (secondary N) is 3. The summed E-state index contributed by atoms with van der Waals surface area (Å²) in [6, 6.07) is 12.8. The van der Waals surface area contributed by atoms with Gasteiger partial charge < -0.3 is 20.9 Å². The zero-order valence-electron chi connectivity index (χ0n) is 19.3. The molecule has 0 atom stereocenters. The van der Waals surface area contributed by atoms with Gasteiger partial charge in [-0.05, 0) is 74.4 Å². The predicted molar refractivity (Wildman–Crippen MR) is 130 cm³/mol. The first-order valence-electron chi connectivity index (χ1n) is 11.7. The third-order valence-electron chi connectivity index (χ3n) is 6.45. The highest BCUT2D eigenvalue weighted by Crippen LogP contribution is 2.31. The van der Waals surface area contributed by atoms with Crippen LogP contribution in [0.15, 0.2) is 42.5 Å². The molecule has 4 rings (SSSR count). The van der Waals surface area contributed by atoms with Gasteiger partial charge in [-0.2, -0.15) is 0 Å². The van der Waals surface area contributed by atoms with Gasteiger partial charge in [0, 0.05) is 41.6 Å². The number of rotatable bonds is 7. The molecule has 0 radical (unpaired) electrons. The van der Waals surface area contributed by atoms with Gasteiger partial charge in [-0.1, -0.05) is 19.1 Å². The number of hydrogen-bond acceptors (Lipinski definition) is 4. The van der Waals surface area contributed by atoms with E-state index in [0.29, 0.717) is 17.2 Å². The summed E-state index contributed by atoms with van der Waals surface area (Å²) in [6.45, 7) is 5.75. The third kappa shape index (κ3) is 5.92. The second-order valence-electron chi connectivity index (χ2n) is 9.20. The van der Waals surface area contributed by atoms with Crippen molar-refractivity contribution in [2.45, 2.75) is 39.5 Å². The molecule has 1 saturated heterocycles. The first-order valence-corrected chi connectivity index (χ1v) is 11.7. The number of carbonyl (C=O) groups is 3. The molecule has 7 nitrogen and oxygen atoms in total. The number of hydrogen-bond donors (Lipinski definition) is 3. The Labute approximate surface area is 194 Å². The average Bonchev–Trinajstić information content (AvgIpc) is 3.66. The molecular weight excluding hydrogens is 416 g/mol. The van der Waals surface area contributed by atoms with Gasteiger partial charge in [0.25, 0.3) is 5.91 Å². The number of likely N-dealkylation sites (tertiary alicyclic amines) is 1. The predicted octanol–water partition coefficient (Wildman–Crippen LogP) is 4.27. The topological polar surface area (TPSA) is 90.5 Å². The minimum Gasteiger partial charge on any atom is -0.376 e. The zero-order chi connectivity index (χ0) is 23.4. The van der Waals surface area contributed by atoms with Gasteiger partial charge in [-0.3, -0.25) is 14.4 Å². The first-order chi connectivity index (χ1) is 15.9. The number of amides is 3. The van der Waals surface area contributed by atoms with Crippen molar-refractivity contribution in [1.29, 1.82) is 0 Å². The molecule has 174 valence electrons. The van der Waals surface area contributed by atoms with Crippen LogP contribution in [-0.4, -0.2) is 42.3 Å². The normalized spacial score (nSPS) is 16.2. The van der Waals surface area contributed by atoms with E-state index in [9.17, 15) is 14.4 Å². The summed E-state index contributed by atoms with van der Waals surface area (Å²) in [5, 5.41) is 8.96. The first kappa shape index (κ1) is 22.8. The Morgan fingerprint density at radius 3 is 2.30 bits per heavy atom. The molecule has 2 aromatic carbocycles. The van der Waals surface area contributed by atoms with E-state index in [-0.39, 0.29) is 30.2 Å². The SMILES string of the molecule is Cc1c(NC(=O)CNc2cccc(C(=O)N3CCC(C)CC3)c2)cccc1NC(=O)C1CC1. The molecule has 3 amide bonds. The maximum Gasteiger partial charge on any atom is 0.253 e. The van der Waals surface area contributed by atoms with Crippen molar-refractivity contribution in [1.82, 2.24) is 4.90 Å². The van der Waals surface area contributed by atoms with E-state index in [1.165, 1.54) is 0 Å². The van der Waals surface area contributed by atoms with E-state index in [0.717, 1.165) is 55.7 Å². The molecule has 2 fully saturated rings. The van der Waals surface area contributed by atoms with Gasteiger partial charge in [0.15, 0.2) is 0 Å². The van der Waals surface area contributed by atoms with E-state index in [1.807, 2.05) is 48.2 Å². The lowest BCUT2D eigenvalue weighted by atomic mass is 9.98. The summed E-state index contributed by atoms with van der Waals surface area (Å²) in [5.41, 5.74) is 3.56. The second-order valence-corrected chi connectivity index (χ2v) is 9.20. The smallest absolute Gasteiger partial charge is 0.253 e. The lowest BCUT2D eigenvalue weighted by molar-refractivity contribution is -0.117. The summed E-state index contributed by atoms with van der Waals surface area (Å²) in [7, 11) is 0. The molecule has 7 heteroatoms. The van der Waals surface area contributed by atoms with E-state index in [4.69, 9.17) is 0 Å². The van der Waals surface area contributed by atoms with E-state index in [1.54, 1.807) is 6.07 Å². The Hall–Kier alpha value is -3.35. The van der Waals surface area contributed by atoms with E-state index >= 15 is 0 Å². The van der Waals surface area contributed by atoms with Crippen LogP contribution in [0.5, 0.6) is 0 Å². The van der Waals surface area contributed by atoms with Crippen molar-refractivity contribution in [3.63, 3.8) is 0 Å². The molecule has 1 heterocycles. The largest absolute Gasteiger partial charge is 0.376 e. The summed E-state index contributed by atoms with van der Waals surface area (Å²) in [5.74, 6) is 0.658. The molecule has 0 bridgehead atoms. The van der Waals surface area contributed by atoms with Crippen molar-refractivity contribution in [3.8, 4) is 0 Å². The number of carbonyl (C=O) groups excluding carboxylic acids is 3. The van der Waals surface area contributed by atoms with Gasteiger partial charge in [-0.25, -0.2) is 0 Å². The lowest BCUT2D eigenvalue weighted by Crippen LogP contribution is -2.37. The summed E-state index contributed by atoms with van der Waals surface area (Å²) in [4.78, 5) is 39.4. The van der Waals surface area contributed by atoms with E-state index in [2.05, 4.69) is 22.9 Å². The summed E-state index contributed by atoms with van der Waals surface area (Å²) < 4.78 is 0. The van der Waals surface area contributed by atoms with Crippen molar-refractivity contribution in [3.05, 3.63) is 53.6 Å². The summed E-state index contributed by atoms with van der Waals surface area (Å²) >= 11 is 0. The lowest BCUT2D eigenvalue weighted by Gasteiger charge is -2.30. The molecule has 2 aromatic rings. The Kier molecular flexibility index (Phi) is 6.96. The highest BCUT2D eigenvalue weighted by Gasteiger charge is 2.30. The second kappa shape index (κ2) is 10.1. The minimum absolute atomic E-state index is 0.0377. The molecule has 33 heavy (non-hydrogen) atoms. The van der Waals surface area contributed by atoms with Crippen LogP contribution in [-0.2, 0) is 9.59 Å². The Balaban J connectivity index is 1.32. The fourth-order valence-electron chi connectivity index (χ4n) is 4.02. The van der Waals surface area contributed by atoms with Crippen molar-refractivity contribution in [2.24, 2.45) is 11.8 Å². The average molecular weight is 449 g/mol. The van der Waals surface area contributed by atoms with Gasteiger partial charge in [-0.15, -0.1) is 0 Å². The van der Waals surface area contributed by atoms with Gasteiger partial charge >= 0.3 is 0 Å². The van der Waals surface area contributed by atoms with Crippen LogP contribution < -0.4 is 16.0 Å². The fourth-order valence-corrected chi connectivity index (χ4v) is 4.02. The van der Waals surface area contributed by atoms with Crippen molar-refractivity contribution in [2.75, 3.05) is 35.6 Å². The molecule has 3 N–H and O–H groups in total. The van der Waals surface area contributed by atoms with E-state index < -0.39 is 0 Å². The van der Waals surface area contributed by atoms with Crippen molar-refractivity contribution < 1.29 is 14.4 Å². The molecule has 0 spiro atoms.